The number of hydrogen-bond donors (Lipinski definition) is 2. The van der Waals surface area contributed by atoms with Crippen LogP contribution >= 0.6 is 55.1 Å². The SMILES string of the molecule is O=C(COc1c(Br)cc(/C=N/NC(=O)c2cccc(C(F)(F)F)c2)cc1Br)Nc1ccc(Cl)c(Cl)c1. The number of benzene rings is 3. The van der Waals surface area contributed by atoms with Crippen molar-refractivity contribution in [2.24, 2.45) is 5.10 Å². The van der Waals surface area contributed by atoms with Crippen LogP contribution in [0.3, 0.4) is 0 Å². The van der Waals surface area contributed by atoms with E-state index >= 15 is 0 Å². The van der Waals surface area contributed by atoms with E-state index in [9.17, 15) is 22.8 Å². The lowest BCUT2D eigenvalue weighted by Gasteiger charge is -2.12. The second-order valence-electron chi connectivity index (χ2n) is 7.06. The molecule has 0 atom stereocenters. The Morgan fingerprint density at radius 1 is 1.00 bits per heavy atom. The number of rotatable bonds is 7. The molecule has 3 rings (SSSR count). The highest BCUT2D eigenvalue weighted by molar-refractivity contribution is 9.11. The molecule has 13 heteroatoms. The highest BCUT2D eigenvalue weighted by Gasteiger charge is 2.30. The van der Waals surface area contributed by atoms with Gasteiger partial charge in [0.1, 0.15) is 5.75 Å². The molecule has 0 unspecified atom stereocenters. The Bertz CT molecular complexity index is 1310. The molecule has 0 spiro atoms. The van der Waals surface area contributed by atoms with Gasteiger partial charge in [-0.2, -0.15) is 18.3 Å². The number of anilines is 1. The molecular weight excluding hydrogens is 654 g/mol. The maximum Gasteiger partial charge on any atom is 0.416 e. The number of alkyl halides is 3. The topological polar surface area (TPSA) is 79.8 Å². The van der Waals surface area contributed by atoms with Gasteiger partial charge in [-0.15, -0.1) is 0 Å². The third kappa shape index (κ3) is 7.70. The number of halogens is 7. The van der Waals surface area contributed by atoms with E-state index in [1.54, 1.807) is 24.3 Å². The molecule has 0 aliphatic rings. The largest absolute Gasteiger partial charge is 0.481 e. The van der Waals surface area contributed by atoms with Crippen LogP contribution in [0.5, 0.6) is 5.75 Å². The van der Waals surface area contributed by atoms with Crippen molar-refractivity contribution in [2.45, 2.75) is 6.18 Å². The molecule has 0 saturated carbocycles. The molecule has 6 nitrogen and oxygen atoms in total. The van der Waals surface area contributed by atoms with Crippen LogP contribution in [0, 0.1) is 0 Å². The van der Waals surface area contributed by atoms with Crippen molar-refractivity contribution >= 4 is 78.8 Å². The van der Waals surface area contributed by atoms with Crippen molar-refractivity contribution in [1.29, 1.82) is 0 Å². The summed E-state index contributed by atoms with van der Waals surface area (Å²) in [6.07, 6.45) is -3.27. The third-order valence-electron chi connectivity index (χ3n) is 4.40. The summed E-state index contributed by atoms with van der Waals surface area (Å²) in [4.78, 5) is 24.3. The van der Waals surface area contributed by atoms with Crippen LogP contribution in [-0.2, 0) is 11.0 Å². The molecule has 0 saturated heterocycles. The van der Waals surface area contributed by atoms with Gasteiger partial charge in [0.25, 0.3) is 11.8 Å². The molecule has 0 radical (unpaired) electrons. The summed E-state index contributed by atoms with van der Waals surface area (Å²) in [5.74, 6) is -0.900. The molecule has 2 amide bonds. The van der Waals surface area contributed by atoms with Gasteiger partial charge in [0, 0.05) is 11.3 Å². The summed E-state index contributed by atoms with van der Waals surface area (Å²) in [6, 6.07) is 11.9. The maximum atomic E-state index is 12.8. The summed E-state index contributed by atoms with van der Waals surface area (Å²) < 4.78 is 45.0. The summed E-state index contributed by atoms with van der Waals surface area (Å²) in [7, 11) is 0. The molecule has 2 N–H and O–H groups in total. The number of carbonyl (C=O) groups is 2. The molecule has 3 aromatic carbocycles. The number of hydrogen-bond acceptors (Lipinski definition) is 4. The number of amides is 2. The van der Waals surface area contributed by atoms with Gasteiger partial charge in [-0.05, 0) is 86.0 Å². The predicted molar refractivity (Wildman–Crippen MR) is 139 cm³/mol. The highest BCUT2D eigenvalue weighted by atomic mass is 79.9. The standard InChI is InChI=1S/C23H14Br2Cl2F3N3O3/c24-16-6-12(10-31-33-22(35)13-2-1-3-14(8-13)23(28,29)30)7-17(25)21(16)36-11-20(34)32-15-4-5-18(26)19(27)9-15/h1-10H,11H2,(H,32,34)(H,33,35)/b31-10+. The van der Waals surface area contributed by atoms with Crippen molar-refractivity contribution in [3.8, 4) is 5.75 Å². The molecule has 0 fully saturated rings. The second kappa shape index (κ2) is 12.1. The molecule has 0 aliphatic carbocycles. The first kappa shape index (κ1) is 28.0. The van der Waals surface area contributed by atoms with Crippen LogP contribution in [0.4, 0.5) is 18.9 Å². The van der Waals surface area contributed by atoms with Crippen molar-refractivity contribution in [3.05, 3.63) is 90.3 Å². The fraction of sp³-hybridized carbons (Fsp3) is 0.0870. The van der Waals surface area contributed by atoms with E-state index in [-0.39, 0.29) is 12.2 Å². The van der Waals surface area contributed by atoms with Gasteiger partial charge >= 0.3 is 6.18 Å². The maximum absolute atomic E-state index is 12.8. The Morgan fingerprint density at radius 2 is 1.69 bits per heavy atom. The minimum Gasteiger partial charge on any atom is -0.481 e. The van der Waals surface area contributed by atoms with Crippen molar-refractivity contribution in [2.75, 3.05) is 11.9 Å². The number of nitrogens with zero attached hydrogens (tertiary/aromatic N) is 1. The zero-order chi connectivity index (χ0) is 26.5. The summed E-state index contributed by atoms with van der Waals surface area (Å²) in [5.41, 5.74) is 2.03. The van der Waals surface area contributed by atoms with Gasteiger partial charge in [0.15, 0.2) is 6.61 Å². The summed E-state index contributed by atoms with van der Waals surface area (Å²) in [6.45, 7) is -0.308. The summed E-state index contributed by atoms with van der Waals surface area (Å²) in [5, 5.41) is 7.07. The van der Waals surface area contributed by atoms with Crippen molar-refractivity contribution in [3.63, 3.8) is 0 Å². The normalized spacial score (nSPS) is 11.4. The Hall–Kier alpha value is -2.60. The summed E-state index contributed by atoms with van der Waals surface area (Å²) >= 11 is 18.5. The average Bonchev–Trinajstić information content (AvgIpc) is 2.80. The Labute approximate surface area is 230 Å². The Morgan fingerprint density at radius 3 is 2.33 bits per heavy atom. The molecule has 0 aliphatic heterocycles. The number of ether oxygens (including phenoxy) is 1. The van der Waals surface area contributed by atoms with Crippen LogP contribution in [0.15, 0.2) is 68.6 Å². The first-order valence-corrected chi connectivity index (χ1v) is 12.2. The molecular formula is C23H14Br2Cl2F3N3O3. The molecule has 188 valence electrons. The van der Waals surface area contributed by atoms with Gasteiger partial charge in [-0.25, -0.2) is 5.43 Å². The zero-order valence-electron chi connectivity index (χ0n) is 17.8. The quantitative estimate of drug-likeness (QED) is 0.205. The van der Waals surface area contributed by atoms with Crippen LogP contribution in [0.2, 0.25) is 10.0 Å². The average molecular weight is 668 g/mol. The van der Waals surface area contributed by atoms with Crippen molar-refractivity contribution in [1.82, 2.24) is 5.43 Å². The number of carbonyl (C=O) groups excluding carboxylic acids is 2. The molecule has 0 heterocycles. The molecule has 3 aromatic rings. The van der Waals surface area contributed by atoms with E-state index in [4.69, 9.17) is 27.9 Å². The van der Waals surface area contributed by atoms with Gasteiger partial charge < -0.3 is 10.1 Å². The van der Waals surface area contributed by atoms with E-state index in [1.165, 1.54) is 18.3 Å². The van der Waals surface area contributed by atoms with Gasteiger partial charge in [-0.1, -0.05) is 29.3 Å². The highest BCUT2D eigenvalue weighted by Crippen LogP contribution is 2.34. The minimum atomic E-state index is -4.56. The lowest BCUT2D eigenvalue weighted by Crippen LogP contribution is -2.20. The van der Waals surface area contributed by atoms with E-state index < -0.39 is 23.6 Å². The number of hydrazone groups is 1. The smallest absolute Gasteiger partial charge is 0.416 e. The molecule has 0 aromatic heterocycles. The molecule has 0 bridgehead atoms. The van der Waals surface area contributed by atoms with Crippen LogP contribution in [-0.4, -0.2) is 24.6 Å². The van der Waals surface area contributed by atoms with Gasteiger partial charge in [0.2, 0.25) is 0 Å². The lowest BCUT2D eigenvalue weighted by molar-refractivity contribution is -0.137. The van der Waals surface area contributed by atoms with Gasteiger partial charge in [0.05, 0.1) is 30.8 Å². The minimum absolute atomic E-state index is 0.188. The van der Waals surface area contributed by atoms with Crippen LogP contribution in [0.1, 0.15) is 21.5 Å². The Kier molecular flexibility index (Phi) is 9.40. The van der Waals surface area contributed by atoms with Crippen LogP contribution < -0.4 is 15.5 Å². The monoisotopic (exact) mass is 665 g/mol. The zero-order valence-corrected chi connectivity index (χ0v) is 22.5. The van der Waals surface area contributed by atoms with Gasteiger partial charge in [-0.3, -0.25) is 9.59 Å². The van der Waals surface area contributed by atoms with E-state index in [2.05, 4.69) is 47.7 Å². The Balaban J connectivity index is 1.60. The second-order valence-corrected chi connectivity index (χ2v) is 9.58. The third-order valence-corrected chi connectivity index (χ3v) is 6.32. The first-order chi connectivity index (χ1) is 16.9. The predicted octanol–water partition coefficient (Wildman–Crippen LogP) is 7.32. The fourth-order valence-corrected chi connectivity index (χ4v) is 4.52. The van der Waals surface area contributed by atoms with Crippen molar-refractivity contribution < 1.29 is 27.5 Å². The van der Waals surface area contributed by atoms with Crippen LogP contribution in [0.25, 0.3) is 0 Å². The van der Waals surface area contributed by atoms with E-state index in [0.29, 0.717) is 36.0 Å². The van der Waals surface area contributed by atoms with E-state index in [0.717, 1.165) is 18.2 Å². The lowest BCUT2D eigenvalue weighted by atomic mass is 10.1. The van der Waals surface area contributed by atoms with E-state index in [1.807, 2.05) is 0 Å². The molecule has 36 heavy (non-hydrogen) atoms. The fourth-order valence-electron chi connectivity index (χ4n) is 2.77. The number of nitrogens with one attached hydrogen (secondary N) is 2. The first-order valence-electron chi connectivity index (χ1n) is 9.81.